The summed E-state index contributed by atoms with van der Waals surface area (Å²) in [6.07, 6.45) is 0. The van der Waals surface area contributed by atoms with Crippen molar-refractivity contribution in [3.8, 4) is 11.1 Å². The van der Waals surface area contributed by atoms with Gasteiger partial charge in [0.2, 0.25) is 0 Å². The van der Waals surface area contributed by atoms with Gasteiger partial charge in [0.1, 0.15) is 0 Å². The summed E-state index contributed by atoms with van der Waals surface area (Å²) < 4.78 is 0. The predicted octanol–water partition coefficient (Wildman–Crippen LogP) is 4.90. The van der Waals surface area contributed by atoms with Crippen molar-refractivity contribution in [1.29, 1.82) is 0 Å². The SMILES string of the molecule is CNc1ccc(-c2ccc(SC(C)C)cc2)cc1. The molecule has 0 saturated heterocycles. The van der Waals surface area contributed by atoms with Crippen LogP contribution < -0.4 is 5.32 Å². The Morgan fingerprint density at radius 3 is 1.78 bits per heavy atom. The summed E-state index contributed by atoms with van der Waals surface area (Å²) in [6, 6.07) is 17.3. The quantitative estimate of drug-likeness (QED) is 0.782. The topological polar surface area (TPSA) is 12.0 Å². The minimum atomic E-state index is 0.630. The number of anilines is 1. The minimum absolute atomic E-state index is 0.630. The number of hydrogen-bond acceptors (Lipinski definition) is 2. The molecule has 0 fully saturated rings. The fraction of sp³-hybridized carbons (Fsp3) is 0.250. The Morgan fingerprint density at radius 1 is 0.833 bits per heavy atom. The highest BCUT2D eigenvalue weighted by molar-refractivity contribution is 7.99. The molecule has 1 nitrogen and oxygen atoms in total. The molecule has 0 radical (unpaired) electrons. The van der Waals surface area contributed by atoms with E-state index in [1.165, 1.54) is 16.0 Å². The van der Waals surface area contributed by atoms with Gasteiger partial charge in [-0.15, -0.1) is 11.8 Å². The fourth-order valence-corrected chi connectivity index (χ4v) is 2.67. The van der Waals surface area contributed by atoms with Crippen molar-refractivity contribution in [2.75, 3.05) is 12.4 Å². The Morgan fingerprint density at radius 2 is 1.33 bits per heavy atom. The summed E-state index contributed by atoms with van der Waals surface area (Å²) in [4.78, 5) is 1.33. The lowest BCUT2D eigenvalue weighted by Gasteiger charge is -2.07. The van der Waals surface area contributed by atoms with Gasteiger partial charge in [0.05, 0.1) is 0 Å². The summed E-state index contributed by atoms with van der Waals surface area (Å²) in [5.74, 6) is 0. The number of hydrogen-bond donors (Lipinski definition) is 1. The zero-order valence-corrected chi connectivity index (χ0v) is 11.9. The minimum Gasteiger partial charge on any atom is -0.388 e. The Labute approximate surface area is 114 Å². The molecular weight excluding hydrogens is 238 g/mol. The first-order valence-corrected chi connectivity index (χ1v) is 7.12. The second-order valence-electron chi connectivity index (χ2n) is 4.52. The van der Waals surface area contributed by atoms with Gasteiger partial charge in [-0.05, 0) is 35.4 Å². The van der Waals surface area contributed by atoms with E-state index in [1.807, 2.05) is 18.8 Å². The zero-order valence-electron chi connectivity index (χ0n) is 11.1. The van der Waals surface area contributed by atoms with E-state index in [0.29, 0.717) is 5.25 Å². The van der Waals surface area contributed by atoms with Gasteiger partial charge in [0.25, 0.3) is 0 Å². The molecular formula is C16H19NS. The molecule has 2 heteroatoms. The maximum absolute atomic E-state index is 3.13. The summed E-state index contributed by atoms with van der Waals surface area (Å²) >= 11 is 1.90. The summed E-state index contributed by atoms with van der Waals surface area (Å²) in [5.41, 5.74) is 3.67. The highest BCUT2D eigenvalue weighted by Crippen LogP contribution is 2.27. The number of nitrogens with one attached hydrogen (secondary N) is 1. The molecule has 0 spiro atoms. The smallest absolute Gasteiger partial charge is 0.0337 e. The van der Waals surface area contributed by atoms with Gasteiger partial charge in [-0.25, -0.2) is 0 Å². The standard InChI is InChI=1S/C16H19NS/c1-12(2)18-16-10-6-14(7-11-16)13-4-8-15(17-3)9-5-13/h4-12,17H,1-3H3. The van der Waals surface area contributed by atoms with E-state index in [2.05, 4.69) is 67.7 Å². The van der Waals surface area contributed by atoms with Gasteiger partial charge in [0, 0.05) is 22.9 Å². The Bertz CT molecular complexity index is 486. The van der Waals surface area contributed by atoms with Crippen LogP contribution >= 0.6 is 11.8 Å². The van der Waals surface area contributed by atoms with Crippen molar-refractivity contribution in [2.24, 2.45) is 0 Å². The van der Waals surface area contributed by atoms with Crippen molar-refractivity contribution in [3.05, 3.63) is 48.5 Å². The van der Waals surface area contributed by atoms with Crippen molar-refractivity contribution < 1.29 is 0 Å². The molecule has 0 aromatic heterocycles. The molecule has 0 unspecified atom stereocenters. The van der Waals surface area contributed by atoms with Gasteiger partial charge < -0.3 is 5.32 Å². The zero-order chi connectivity index (χ0) is 13.0. The third-order valence-corrected chi connectivity index (χ3v) is 3.75. The maximum Gasteiger partial charge on any atom is 0.0337 e. The van der Waals surface area contributed by atoms with Gasteiger partial charge in [-0.3, -0.25) is 0 Å². The molecule has 2 rings (SSSR count). The molecule has 1 N–H and O–H groups in total. The normalized spacial score (nSPS) is 10.7. The van der Waals surface area contributed by atoms with Crippen LogP contribution in [0, 0.1) is 0 Å². The Kier molecular flexibility index (Phi) is 4.32. The van der Waals surface area contributed by atoms with Crippen LogP contribution in [0.2, 0.25) is 0 Å². The van der Waals surface area contributed by atoms with E-state index in [9.17, 15) is 0 Å². The van der Waals surface area contributed by atoms with Gasteiger partial charge in [-0.1, -0.05) is 38.1 Å². The second-order valence-corrected chi connectivity index (χ2v) is 6.17. The maximum atomic E-state index is 3.13. The Hall–Kier alpha value is -1.41. The van der Waals surface area contributed by atoms with Crippen LogP contribution in [0.3, 0.4) is 0 Å². The van der Waals surface area contributed by atoms with Crippen molar-refractivity contribution in [1.82, 2.24) is 0 Å². The first-order valence-electron chi connectivity index (χ1n) is 6.24. The van der Waals surface area contributed by atoms with Crippen LogP contribution in [0.15, 0.2) is 53.4 Å². The predicted molar refractivity (Wildman–Crippen MR) is 82.4 cm³/mol. The van der Waals surface area contributed by atoms with E-state index in [0.717, 1.165) is 5.69 Å². The first kappa shape index (κ1) is 13.0. The lowest BCUT2D eigenvalue weighted by Crippen LogP contribution is -1.87. The molecule has 18 heavy (non-hydrogen) atoms. The third-order valence-electron chi connectivity index (χ3n) is 2.73. The molecule has 0 saturated carbocycles. The second kappa shape index (κ2) is 5.96. The molecule has 0 aliphatic carbocycles. The third kappa shape index (κ3) is 3.30. The van der Waals surface area contributed by atoms with Crippen LogP contribution in [0.25, 0.3) is 11.1 Å². The molecule has 0 aliphatic rings. The van der Waals surface area contributed by atoms with Crippen LogP contribution in [-0.4, -0.2) is 12.3 Å². The van der Waals surface area contributed by atoms with Gasteiger partial charge in [0.15, 0.2) is 0 Å². The molecule has 94 valence electrons. The molecule has 0 bridgehead atoms. The van der Waals surface area contributed by atoms with Crippen molar-refractivity contribution >= 4 is 17.4 Å². The highest BCUT2D eigenvalue weighted by atomic mass is 32.2. The van der Waals surface area contributed by atoms with E-state index in [4.69, 9.17) is 0 Å². The average molecular weight is 257 g/mol. The fourth-order valence-electron chi connectivity index (χ4n) is 1.83. The number of thioether (sulfide) groups is 1. The molecule has 2 aromatic rings. The van der Waals surface area contributed by atoms with E-state index in [-0.39, 0.29) is 0 Å². The monoisotopic (exact) mass is 257 g/mol. The number of rotatable bonds is 4. The number of benzene rings is 2. The molecule has 2 aromatic carbocycles. The highest BCUT2D eigenvalue weighted by Gasteiger charge is 2.00. The van der Waals surface area contributed by atoms with Gasteiger partial charge in [-0.2, -0.15) is 0 Å². The van der Waals surface area contributed by atoms with E-state index >= 15 is 0 Å². The molecule has 0 amide bonds. The lowest BCUT2D eigenvalue weighted by atomic mass is 10.1. The van der Waals surface area contributed by atoms with Crippen molar-refractivity contribution in [3.63, 3.8) is 0 Å². The molecule has 0 atom stereocenters. The van der Waals surface area contributed by atoms with Crippen molar-refractivity contribution in [2.45, 2.75) is 24.0 Å². The summed E-state index contributed by atoms with van der Waals surface area (Å²) in [5, 5.41) is 3.76. The summed E-state index contributed by atoms with van der Waals surface area (Å²) in [6.45, 7) is 4.43. The van der Waals surface area contributed by atoms with Gasteiger partial charge >= 0.3 is 0 Å². The molecule has 0 aliphatic heterocycles. The average Bonchev–Trinajstić information content (AvgIpc) is 2.39. The Balaban J connectivity index is 2.17. The van der Waals surface area contributed by atoms with E-state index < -0.39 is 0 Å². The summed E-state index contributed by atoms with van der Waals surface area (Å²) in [7, 11) is 1.94. The van der Waals surface area contributed by atoms with Crippen LogP contribution in [0.5, 0.6) is 0 Å². The van der Waals surface area contributed by atoms with Crippen LogP contribution in [0.4, 0.5) is 5.69 Å². The van der Waals surface area contributed by atoms with Crippen LogP contribution in [-0.2, 0) is 0 Å². The largest absolute Gasteiger partial charge is 0.388 e. The van der Waals surface area contributed by atoms with E-state index in [1.54, 1.807) is 0 Å². The first-order chi connectivity index (χ1) is 8.69. The lowest BCUT2D eigenvalue weighted by molar-refractivity contribution is 1.11. The molecule has 0 heterocycles. The van der Waals surface area contributed by atoms with Crippen LogP contribution in [0.1, 0.15) is 13.8 Å².